The van der Waals surface area contributed by atoms with Crippen molar-refractivity contribution < 1.29 is 135 Å². The molecule has 0 aliphatic carbocycles. The molecule has 0 aliphatic heterocycles. The van der Waals surface area contributed by atoms with E-state index in [9.17, 15) is 0 Å². The summed E-state index contributed by atoms with van der Waals surface area (Å²) in [4.78, 5) is 30.9. The predicted molar refractivity (Wildman–Crippen MR) is 367 cm³/mol. The van der Waals surface area contributed by atoms with Crippen LogP contribution in [0.1, 0.15) is 137 Å². The van der Waals surface area contributed by atoms with Crippen molar-refractivity contribution in [2.75, 3.05) is 79.8 Å². The van der Waals surface area contributed by atoms with Gasteiger partial charge in [-0.15, -0.1) is 70.8 Å². The van der Waals surface area contributed by atoms with E-state index in [0.29, 0.717) is 39.6 Å². The number of unbranched alkanes of at least 4 members (excludes halogenated alkanes) is 3. The maximum Gasteiger partial charge on any atom is 2.00 e. The van der Waals surface area contributed by atoms with Gasteiger partial charge in [0.25, 0.3) is 0 Å². The van der Waals surface area contributed by atoms with E-state index in [1.165, 1.54) is 101 Å². The average Bonchev–Trinajstić information content (AvgIpc) is 1.33. The van der Waals surface area contributed by atoms with Gasteiger partial charge in [0, 0.05) is 60.3 Å². The number of aliphatic imine (C=N–C) groups is 3. The Kier molecular flexibility index (Phi) is 71.6. The molecule has 95 heavy (non-hydrogen) atoms. The van der Waals surface area contributed by atoms with Crippen LogP contribution in [-0.2, 0) is 138 Å². The summed E-state index contributed by atoms with van der Waals surface area (Å²) in [6.07, 6.45) is 19.4. The van der Waals surface area contributed by atoms with Crippen LogP contribution in [0.15, 0.2) is 148 Å². The number of aliphatic hydroxyl groups is 7. The molecule has 7 N–H and O–H groups in total. The number of aryl methyl sites for hydroxylation is 3. The minimum Gasteiger partial charge on any atom is -0.542 e. The van der Waals surface area contributed by atoms with Gasteiger partial charge in [0.1, 0.15) is 33.0 Å². The molecule has 536 valence electrons. The van der Waals surface area contributed by atoms with Crippen molar-refractivity contribution >= 4 is 48.3 Å². The number of ether oxygens (including phenoxy) is 6. The van der Waals surface area contributed by atoms with Crippen LogP contribution in [0.3, 0.4) is 0 Å². The Bertz CT molecular complexity index is 2410. The number of carbonyl (C=O) groups excluding carboxylic acids is 2. The summed E-state index contributed by atoms with van der Waals surface area (Å²) in [5, 5.41) is 56.2. The van der Waals surface area contributed by atoms with E-state index >= 15 is 0 Å². The van der Waals surface area contributed by atoms with Gasteiger partial charge < -0.3 is 83.7 Å². The molecule has 0 saturated carbocycles. The van der Waals surface area contributed by atoms with Gasteiger partial charge in [0.15, 0.2) is 0 Å². The topological polar surface area (TPSA) is 268 Å². The van der Waals surface area contributed by atoms with Gasteiger partial charge in [-0.05, 0) is 148 Å². The van der Waals surface area contributed by atoms with Crippen LogP contribution >= 0.6 is 0 Å². The second-order valence-corrected chi connectivity index (χ2v) is 20.0. The summed E-state index contributed by atoms with van der Waals surface area (Å²) in [5.41, 5.74) is 13.5. The molecule has 0 bridgehead atoms. The molecule has 0 spiro atoms. The molecule has 0 heterocycles. The standard InChI is InChI=1S/C22H29NO3.2C22H28NO3.2C2H6O2.2C2H3O.3Pd/c3*1-2-3-4-19-9-11-22(12-10-19)23-17-21-7-5-20(6-8-21)13-15-25-18-26-16-14-24;2*1-2(3)4;2*1-2-3;;;/h5-12,17,24H,2-4,13-16,18H2,1H3;2*5-7,9-12,17,24H,2-4,13-16,18H2,1H3;2*2-4H,1H3;2*1H3;;;/q;2*-1;;;2*-1;;;+2. The maximum atomic E-state index is 8.68. The Labute approximate surface area is 607 Å². The predicted octanol–water partition coefficient (Wildman–Crippen LogP) is 11.4. The molecule has 0 unspecified atom stereocenters. The molecule has 0 saturated heterocycles. The average molecular weight is 1590 g/mol. The third kappa shape index (κ3) is 60.1. The first-order valence-electron chi connectivity index (χ1n) is 31.3. The smallest absolute Gasteiger partial charge is 0.542 e. The fraction of sp³-hybridized carbons (Fsp3) is 0.446. The van der Waals surface area contributed by atoms with Gasteiger partial charge in [0.2, 0.25) is 0 Å². The van der Waals surface area contributed by atoms with Crippen molar-refractivity contribution in [1.29, 1.82) is 0 Å². The van der Waals surface area contributed by atoms with Gasteiger partial charge in [-0.2, -0.15) is 13.8 Å². The molecule has 6 aromatic rings. The van der Waals surface area contributed by atoms with Crippen molar-refractivity contribution in [3.05, 3.63) is 196 Å². The van der Waals surface area contributed by atoms with E-state index in [4.69, 9.17) is 73.8 Å². The third-order valence-corrected chi connectivity index (χ3v) is 11.9. The number of rotatable bonds is 36. The maximum absolute atomic E-state index is 8.68. The van der Waals surface area contributed by atoms with E-state index < -0.39 is 12.6 Å². The third-order valence-electron chi connectivity index (χ3n) is 11.9. The van der Waals surface area contributed by atoms with Crippen LogP contribution in [0.4, 0.5) is 17.1 Å². The first-order chi connectivity index (χ1) is 44.7. The van der Waals surface area contributed by atoms with Crippen LogP contribution in [0.2, 0.25) is 0 Å². The number of hydrogen-bond donors (Lipinski definition) is 7. The first kappa shape index (κ1) is 96.5. The molecular formula is C74H103N3O15Pd3-2. The largest absolute Gasteiger partial charge is 2.00 e. The van der Waals surface area contributed by atoms with Gasteiger partial charge in [-0.1, -0.05) is 101 Å². The summed E-state index contributed by atoms with van der Waals surface area (Å²) in [6, 6.07) is 52.2. The Morgan fingerprint density at radius 1 is 0.400 bits per heavy atom. The molecule has 0 fully saturated rings. The molecule has 6 aromatic carbocycles. The fourth-order valence-corrected chi connectivity index (χ4v) is 7.30. The molecule has 0 radical (unpaired) electrons. The van der Waals surface area contributed by atoms with E-state index in [-0.39, 0.29) is 101 Å². The van der Waals surface area contributed by atoms with Crippen molar-refractivity contribution in [2.24, 2.45) is 15.0 Å². The molecule has 0 amide bonds. The van der Waals surface area contributed by atoms with E-state index in [1.807, 2.05) is 42.9 Å². The van der Waals surface area contributed by atoms with Crippen LogP contribution in [0, 0.1) is 12.1 Å². The number of hydrogen-bond acceptors (Lipinski definition) is 18. The van der Waals surface area contributed by atoms with Gasteiger partial charge in [-0.3, -0.25) is 17.6 Å². The van der Waals surface area contributed by atoms with Crippen molar-refractivity contribution in [3.8, 4) is 0 Å². The van der Waals surface area contributed by atoms with Crippen LogP contribution in [-0.4, -0.2) is 159 Å². The second-order valence-electron chi connectivity index (χ2n) is 20.0. The normalized spacial score (nSPS) is 10.3. The first-order valence-corrected chi connectivity index (χ1v) is 31.3. The zero-order chi connectivity index (χ0) is 67.9. The molecule has 21 heteroatoms. The van der Waals surface area contributed by atoms with E-state index in [0.717, 1.165) is 83.4 Å². The van der Waals surface area contributed by atoms with Crippen molar-refractivity contribution in [3.63, 3.8) is 0 Å². The van der Waals surface area contributed by atoms with Gasteiger partial charge in [-0.25, -0.2) is 0 Å². The fourth-order valence-electron chi connectivity index (χ4n) is 7.30. The van der Waals surface area contributed by atoms with Crippen molar-refractivity contribution in [2.45, 2.75) is 138 Å². The minimum atomic E-state index is -1.17. The van der Waals surface area contributed by atoms with Crippen LogP contribution in [0.25, 0.3) is 0 Å². The Morgan fingerprint density at radius 3 is 0.905 bits per heavy atom. The molecule has 0 aliphatic rings. The zero-order valence-electron chi connectivity index (χ0n) is 56.2. The second kappa shape index (κ2) is 70.5. The Balaban J connectivity index is -0.000000584. The van der Waals surface area contributed by atoms with Gasteiger partial charge >= 0.3 is 20.4 Å². The summed E-state index contributed by atoms with van der Waals surface area (Å²) in [6.45, 7) is 15.2. The SMILES string of the molecule is CC(O)O.CC(O)O.CCCCc1ccc(N=Cc2[c-]cc(CCOCOCCO)cc2)cc1.CCCCc1ccc(N=Cc2[c-]cc(CCOCOCCO)cc2)cc1.CCCCc1ccc(N=Cc2ccc(CCOCOCCO)cc2)cc1.C[C-]=O.C[C-]=O.[Pd+2].[Pd].[Pd]. The van der Waals surface area contributed by atoms with Gasteiger partial charge in [0.05, 0.1) is 63.3 Å². The zero-order valence-corrected chi connectivity index (χ0v) is 60.9. The molecule has 6 rings (SSSR count). The number of benzene rings is 6. The number of nitrogens with zero attached hydrogens (tertiary/aromatic N) is 3. The van der Waals surface area contributed by atoms with E-state index in [2.05, 4.69) is 157 Å². The minimum absolute atomic E-state index is 0. The van der Waals surface area contributed by atoms with E-state index in [1.54, 1.807) is 0 Å². The van der Waals surface area contributed by atoms with Crippen LogP contribution in [0.5, 0.6) is 0 Å². The quantitative estimate of drug-likeness (QED) is 0.00634. The summed E-state index contributed by atoms with van der Waals surface area (Å²) in [5.74, 6) is 0. The molecular weight excluding hydrogens is 1490 g/mol. The van der Waals surface area contributed by atoms with Crippen molar-refractivity contribution in [1.82, 2.24) is 0 Å². The molecule has 0 atom stereocenters. The Morgan fingerprint density at radius 2 is 0.642 bits per heavy atom. The Hall–Kier alpha value is -4.86. The monoisotopic (exact) mass is 1590 g/mol. The summed E-state index contributed by atoms with van der Waals surface area (Å²) >= 11 is 0. The number of aliphatic hydroxyl groups excluding tert-OH is 5. The summed E-state index contributed by atoms with van der Waals surface area (Å²) < 4.78 is 31.2. The molecule has 0 aromatic heterocycles. The molecule has 18 nitrogen and oxygen atoms in total. The summed E-state index contributed by atoms with van der Waals surface area (Å²) in [7, 11) is 0. The van der Waals surface area contributed by atoms with Crippen LogP contribution < -0.4 is 0 Å².